The predicted molar refractivity (Wildman–Crippen MR) is 117 cm³/mol. The van der Waals surface area contributed by atoms with Crippen molar-refractivity contribution >= 4 is 17.7 Å². The Morgan fingerprint density at radius 2 is 1.80 bits per heavy atom. The molecule has 1 aromatic rings. The van der Waals surface area contributed by atoms with Crippen molar-refractivity contribution in [3.05, 3.63) is 48.3 Å². The van der Waals surface area contributed by atoms with Gasteiger partial charge in [0.25, 0.3) is 0 Å². The molecule has 0 bridgehead atoms. The van der Waals surface area contributed by atoms with E-state index in [4.69, 9.17) is 0 Å². The Morgan fingerprint density at radius 1 is 1.13 bits per heavy atom. The fraction of sp³-hybridized carbons (Fsp3) is 0.522. The largest absolute Gasteiger partial charge is 0.342 e. The lowest BCUT2D eigenvalue weighted by atomic mass is 9.85. The number of nitrogens with one attached hydrogen (secondary N) is 2. The van der Waals surface area contributed by atoms with Gasteiger partial charge in [-0.2, -0.15) is 0 Å². The molecule has 0 aromatic heterocycles. The Morgan fingerprint density at radius 3 is 2.37 bits per heavy atom. The van der Waals surface area contributed by atoms with E-state index < -0.39 is 17.5 Å². The van der Waals surface area contributed by atoms with Crippen molar-refractivity contribution in [1.82, 2.24) is 20.4 Å². The number of nitrogens with zero attached hydrogens (tertiary/aromatic N) is 2. The van der Waals surface area contributed by atoms with Crippen molar-refractivity contribution in [2.75, 3.05) is 20.1 Å². The first-order chi connectivity index (χ1) is 14.1. The summed E-state index contributed by atoms with van der Waals surface area (Å²) >= 11 is 0. The summed E-state index contributed by atoms with van der Waals surface area (Å²) in [6.07, 6.45) is 5.03. The Kier molecular flexibility index (Phi) is 8.17. The number of benzene rings is 1. The molecule has 0 spiro atoms. The van der Waals surface area contributed by atoms with Gasteiger partial charge in [-0.15, -0.1) is 0 Å². The molecule has 1 aliphatic heterocycles. The molecule has 0 unspecified atom stereocenters. The van der Waals surface area contributed by atoms with Crippen LogP contribution < -0.4 is 10.6 Å². The summed E-state index contributed by atoms with van der Waals surface area (Å²) in [5.74, 6) is -0.658. The average Bonchev–Trinajstić information content (AvgIpc) is 2.71. The topological polar surface area (TPSA) is 81.8 Å². The van der Waals surface area contributed by atoms with Crippen LogP contribution in [-0.2, 0) is 20.8 Å². The van der Waals surface area contributed by atoms with Gasteiger partial charge in [0, 0.05) is 18.9 Å². The van der Waals surface area contributed by atoms with Crippen LogP contribution in [0.2, 0.25) is 0 Å². The summed E-state index contributed by atoms with van der Waals surface area (Å²) in [5, 5.41) is 5.70. The average molecular weight is 415 g/mol. The number of rotatable bonds is 8. The van der Waals surface area contributed by atoms with Crippen LogP contribution in [0, 0.1) is 5.41 Å². The first-order valence-corrected chi connectivity index (χ1v) is 10.4. The van der Waals surface area contributed by atoms with Gasteiger partial charge in [-0.05, 0) is 37.8 Å². The van der Waals surface area contributed by atoms with Crippen molar-refractivity contribution in [2.45, 2.75) is 52.6 Å². The third-order valence-corrected chi connectivity index (χ3v) is 5.27. The quantitative estimate of drug-likeness (QED) is 0.681. The predicted octanol–water partition coefficient (Wildman–Crippen LogP) is 1.90. The van der Waals surface area contributed by atoms with E-state index in [0.717, 1.165) is 12.8 Å². The fourth-order valence-electron chi connectivity index (χ4n) is 3.19. The van der Waals surface area contributed by atoms with Gasteiger partial charge in [-0.25, -0.2) is 0 Å². The summed E-state index contributed by atoms with van der Waals surface area (Å²) < 4.78 is 0. The van der Waals surface area contributed by atoms with Gasteiger partial charge in [-0.3, -0.25) is 14.4 Å². The first-order valence-electron chi connectivity index (χ1n) is 10.4. The molecule has 7 heteroatoms. The minimum Gasteiger partial charge on any atom is -0.342 e. The lowest BCUT2D eigenvalue weighted by molar-refractivity contribution is -0.142. The van der Waals surface area contributed by atoms with Crippen molar-refractivity contribution in [1.29, 1.82) is 0 Å². The normalized spacial score (nSPS) is 16.4. The highest BCUT2D eigenvalue weighted by Gasteiger charge is 2.37. The Bertz CT molecular complexity index is 770. The molecule has 1 heterocycles. The van der Waals surface area contributed by atoms with Gasteiger partial charge in [0.05, 0.1) is 6.04 Å². The van der Waals surface area contributed by atoms with E-state index in [-0.39, 0.29) is 24.3 Å². The van der Waals surface area contributed by atoms with Gasteiger partial charge in [0.15, 0.2) is 0 Å². The number of carbonyl (C=O) groups excluding carboxylic acids is 3. The van der Waals surface area contributed by atoms with Crippen molar-refractivity contribution < 1.29 is 14.4 Å². The van der Waals surface area contributed by atoms with Gasteiger partial charge in [-0.1, -0.05) is 51.1 Å². The Hall–Kier alpha value is -2.67. The molecule has 2 rings (SSSR count). The maximum absolute atomic E-state index is 13.1. The minimum atomic E-state index is -0.733. The SMILES string of the molecule is CN[C@@H](C)C(=O)N[C@H](C(=O)N1C=CN(CCCc2ccccc2)C(=O)C1)C(C)(C)C. The highest BCUT2D eigenvalue weighted by molar-refractivity contribution is 5.93. The van der Waals surface area contributed by atoms with E-state index in [2.05, 4.69) is 22.8 Å². The molecule has 0 aliphatic carbocycles. The van der Waals surface area contributed by atoms with Crippen molar-refractivity contribution in [2.24, 2.45) is 5.41 Å². The zero-order valence-corrected chi connectivity index (χ0v) is 18.6. The molecule has 2 N–H and O–H groups in total. The van der Waals surface area contributed by atoms with E-state index >= 15 is 0 Å². The molecule has 3 amide bonds. The highest BCUT2D eigenvalue weighted by Crippen LogP contribution is 2.22. The Labute approximate surface area is 179 Å². The monoisotopic (exact) mass is 414 g/mol. The van der Waals surface area contributed by atoms with Gasteiger partial charge in [0.2, 0.25) is 17.7 Å². The molecule has 1 aliphatic rings. The zero-order valence-electron chi connectivity index (χ0n) is 18.6. The maximum Gasteiger partial charge on any atom is 0.250 e. The van der Waals surface area contributed by atoms with Crippen LogP contribution in [0.25, 0.3) is 0 Å². The van der Waals surface area contributed by atoms with Gasteiger partial charge in [0.1, 0.15) is 12.6 Å². The van der Waals surface area contributed by atoms with Crippen LogP contribution in [0.5, 0.6) is 0 Å². The standard InChI is InChI=1S/C23H34N4O3/c1-17(24-5)21(29)25-20(23(2,3)4)22(30)27-15-14-26(19(28)16-27)13-9-12-18-10-7-6-8-11-18/h6-8,10-11,14-15,17,20,24H,9,12-13,16H2,1-5H3,(H,25,29)/t17-,20+/m0/s1. The molecule has 1 aromatic carbocycles. The molecule has 0 fully saturated rings. The molecule has 0 saturated heterocycles. The van der Waals surface area contributed by atoms with Crippen LogP contribution in [0.3, 0.4) is 0 Å². The third-order valence-electron chi connectivity index (χ3n) is 5.27. The van der Waals surface area contributed by atoms with Crippen LogP contribution in [-0.4, -0.2) is 59.7 Å². The molecular formula is C23H34N4O3. The molecular weight excluding hydrogens is 380 g/mol. The fourth-order valence-corrected chi connectivity index (χ4v) is 3.19. The molecule has 164 valence electrons. The second kappa shape index (κ2) is 10.4. The molecule has 2 atom stereocenters. The van der Waals surface area contributed by atoms with Crippen LogP contribution in [0.15, 0.2) is 42.7 Å². The van der Waals surface area contributed by atoms with Crippen LogP contribution in [0.4, 0.5) is 0 Å². The number of hydrogen-bond acceptors (Lipinski definition) is 4. The summed E-state index contributed by atoms with van der Waals surface area (Å²) in [7, 11) is 1.69. The first kappa shape index (κ1) is 23.6. The zero-order chi connectivity index (χ0) is 22.3. The Balaban J connectivity index is 1.99. The lowest BCUT2D eigenvalue weighted by Crippen LogP contribution is -2.58. The highest BCUT2D eigenvalue weighted by atomic mass is 16.2. The molecule has 0 radical (unpaired) electrons. The smallest absolute Gasteiger partial charge is 0.250 e. The maximum atomic E-state index is 13.1. The van der Waals surface area contributed by atoms with Crippen LogP contribution in [0.1, 0.15) is 39.7 Å². The minimum absolute atomic E-state index is 0.0231. The van der Waals surface area contributed by atoms with Crippen LogP contribution >= 0.6 is 0 Å². The van der Waals surface area contributed by atoms with E-state index in [9.17, 15) is 14.4 Å². The second-order valence-electron chi connectivity index (χ2n) is 8.76. The number of carbonyl (C=O) groups is 3. The molecule has 0 saturated carbocycles. The van der Waals surface area contributed by atoms with E-state index in [1.165, 1.54) is 10.5 Å². The van der Waals surface area contributed by atoms with Gasteiger partial charge < -0.3 is 20.4 Å². The van der Waals surface area contributed by atoms with E-state index in [0.29, 0.717) is 6.54 Å². The van der Waals surface area contributed by atoms with Gasteiger partial charge >= 0.3 is 0 Å². The summed E-state index contributed by atoms with van der Waals surface area (Å²) in [5.41, 5.74) is 0.742. The van der Waals surface area contributed by atoms with E-state index in [1.807, 2.05) is 39.0 Å². The number of likely N-dealkylation sites (N-methyl/N-ethyl adjacent to an activating group) is 1. The number of hydrogen-bond donors (Lipinski definition) is 2. The summed E-state index contributed by atoms with van der Waals surface area (Å²) in [6, 6.07) is 9.00. The summed E-state index contributed by atoms with van der Waals surface area (Å²) in [6.45, 7) is 8.00. The second-order valence-corrected chi connectivity index (χ2v) is 8.76. The number of aryl methyl sites for hydroxylation is 1. The van der Waals surface area contributed by atoms with Crippen molar-refractivity contribution in [3.63, 3.8) is 0 Å². The van der Waals surface area contributed by atoms with E-state index in [1.54, 1.807) is 31.3 Å². The molecule has 30 heavy (non-hydrogen) atoms. The number of amides is 3. The third kappa shape index (κ3) is 6.42. The summed E-state index contributed by atoms with van der Waals surface area (Å²) in [4.78, 5) is 41.1. The van der Waals surface area contributed by atoms with Crippen molar-refractivity contribution in [3.8, 4) is 0 Å². The molecule has 7 nitrogen and oxygen atoms in total. The lowest BCUT2D eigenvalue weighted by Gasteiger charge is -2.36.